The van der Waals surface area contributed by atoms with Crippen molar-refractivity contribution in [2.45, 2.75) is 13.2 Å². The largest absolute Gasteiger partial charge is 0.392 e. The van der Waals surface area contributed by atoms with Crippen molar-refractivity contribution in [3.63, 3.8) is 0 Å². The highest BCUT2D eigenvalue weighted by Crippen LogP contribution is 2.26. The molecule has 0 saturated carbocycles. The Kier molecular flexibility index (Phi) is 3.62. The van der Waals surface area contributed by atoms with Crippen LogP contribution in [0.1, 0.15) is 11.1 Å². The fourth-order valence-electron chi connectivity index (χ4n) is 1.99. The second kappa shape index (κ2) is 5.56. The van der Waals surface area contributed by atoms with Gasteiger partial charge >= 0.3 is 0 Å². The van der Waals surface area contributed by atoms with Gasteiger partial charge in [0.1, 0.15) is 5.82 Å². The molecule has 3 nitrogen and oxygen atoms in total. The second-order valence-electron chi connectivity index (χ2n) is 4.46. The molecule has 0 fully saturated rings. The number of aliphatic hydroxyl groups is 1. The van der Waals surface area contributed by atoms with E-state index in [4.69, 9.17) is 5.11 Å². The average molecular weight is 288 g/mol. The number of thiazole rings is 1. The highest BCUT2D eigenvalue weighted by Gasteiger charge is 2.04. The Labute approximate surface area is 119 Å². The minimum absolute atomic E-state index is 0.0360. The highest BCUT2D eigenvalue weighted by atomic mass is 32.1. The molecule has 0 spiro atoms. The van der Waals surface area contributed by atoms with Crippen LogP contribution in [0, 0.1) is 5.82 Å². The maximum atomic E-state index is 13.1. The van der Waals surface area contributed by atoms with Gasteiger partial charge in [-0.3, -0.25) is 0 Å². The third kappa shape index (κ3) is 2.79. The lowest BCUT2D eigenvalue weighted by Gasteiger charge is -2.04. The van der Waals surface area contributed by atoms with E-state index in [9.17, 15) is 4.39 Å². The van der Waals surface area contributed by atoms with E-state index in [2.05, 4.69) is 10.3 Å². The summed E-state index contributed by atoms with van der Waals surface area (Å²) >= 11 is 1.50. The van der Waals surface area contributed by atoms with E-state index < -0.39 is 0 Å². The second-order valence-corrected chi connectivity index (χ2v) is 5.49. The number of nitrogens with zero attached hydrogens (tertiary/aromatic N) is 1. The van der Waals surface area contributed by atoms with E-state index in [1.54, 1.807) is 6.07 Å². The molecule has 20 heavy (non-hydrogen) atoms. The minimum atomic E-state index is -0.273. The number of anilines is 1. The number of rotatable bonds is 4. The summed E-state index contributed by atoms with van der Waals surface area (Å²) in [5.41, 5.74) is 2.62. The molecule has 2 N–H and O–H groups in total. The molecular weight excluding hydrogens is 275 g/mol. The van der Waals surface area contributed by atoms with Crippen LogP contribution < -0.4 is 5.32 Å². The molecule has 2 aromatic carbocycles. The standard InChI is InChI=1S/C15H13FN2OS/c16-12-4-5-14-13(7-12)18-15(20-14)17-8-10-2-1-3-11(6-10)9-19/h1-7,19H,8-9H2,(H,17,18). The molecule has 1 heterocycles. The first-order valence-electron chi connectivity index (χ1n) is 6.23. The zero-order chi connectivity index (χ0) is 13.9. The molecule has 0 unspecified atom stereocenters. The van der Waals surface area contributed by atoms with Crippen LogP contribution in [0.4, 0.5) is 9.52 Å². The number of fused-ring (bicyclic) bond motifs is 1. The summed E-state index contributed by atoms with van der Waals surface area (Å²) in [6.45, 7) is 0.657. The molecule has 0 bridgehead atoms. The van der Waals surface area contributed by atoms with Crippen molar-refractivity contribution in [2.75, 3.05) is 5.32 Å². The molecule has 102 valence electrons. The number of aromatic nitrogens is 1. The molecule has 0 aliphatic heterocycles. The highest BCUT2D eigenvalue weighted by molar-refractivity contribution is 7.22. The summed E-state index contributed by atoms with van der Waals surface area (Å²) in [4.78, 5) is 4.35. The lowest BCUT2D eigenvalue weighted by molar-refractivity contribution is 0.281. The van der Waals surface area contributed by atoms with E-state index in [0.29, 0.717) is 12.1 Å². The van der Waals surface area contributed by atoms with E-state index >= 15 is 0 Å². The van der Waals surface area contributed by atoms with E-state index in [1.165, 1.54) is 23.5 Å². The number of aliphatic hydroxyl groups excluding tert-OH is 1. The van der Waals surface area contributed by atoms with Gasteiger partial charge in [0.2, 0.25) is 0 Å². The minimum Gasteiger partial charge on any atom is -0.392 e. The fraction of sp³-hybridized carbons (Fsp3) is 0.133. The predicted molar refractivity (Wildman–Crippen MR) is 79.3 cm³/mol. The van der Waals surface area contributed by atoms with Gasteiger partial charge in [-0.25, -0.2) is 9.37 Å². The molecule has 5 heteroatoms. The van der Waals surface area contributed by atoms with Crippen LogP contribution in [0.5, 0.6) is 0 Å². The summed E-state index contributed by atoms with van der Waals surface area (Å²) < 4.78 is 14.1. The first-order valence-corrected chi connectivity index (χ1v) is 7.05. The van der Waals surface area contributed by atoms with Gasteiger partial charge in [-0.1, -0.05) is 35.6 Å². The Hall–Kier alpha value is -1.98. The first-order chi connectivity index (χ1) is 9.74. The van der Waals surface area contributed by atoms with Crippen molar-refractivity contribution in [3.05, 3.63) is 59.4 Å². The Morgan fingerprint density at radius 2 is 2.00 bits per heavy atom. The van der Waals surface area contributed by atoms with Gasteiger partial charge in [0.25, 0.3) is 0 Å². The van der Waals surface area contributed by atoms with Crippen LogP contribution in [-0.4, -0.2) is 10.1 Å². The maximum absolute atomic E-state index is 13.1. The van der Waals surface area contributed by atoms with Crippen LogP contribution in [0.25, 0.3) is 10.2 Å². The van der Waals surface area contributed by atoms with Gasteiger partial charge in [0, 0.05) is 12.6 Å². The monoisotopic (exact) mass is 288 g/mol. The summed E-state index contributed by atoms with van der Waals surface area (Å²) in [5.74, 6) is -0.273. The zero-order valence-electron chi connectivity index (χ0n) is 10.6. The van der Waals surface area contributed by atoms with Crippen LogP contribution in [0.2, 0.25) is 0 Å². The fourth-order valence-corrected chi connectivity index (χ4v) is 2.83. The summed E-state index contributed by atoms with van der Waals surface area (Å²) in [6, 6.07) is 12.3. The van der Waals surface area contributed by atoms with Crippen molar-refractivity contribution in [1.82, 2.24) is 4.98 Å². The molecule has 3 aromatic rings. The lowest BCUT2D eigenvalue weighted by atomic mass is 10.1. The number of nitrogens with one attached hydrogen (secondary N) is 1. The van der Waals surface area contributed by atoms with Crippen molar-refractivity contribution < 1.29 is 9.50 Å². The van der Waals surface area contributed by atoms with Gasteiger partial charge < -0.3 is 10.4 Å². The quantitative estimate of drug-likeness (QED) is 0.772. The lowest BCUT2D eigenvalue weighted by Crippen LogP contribution is -1.99. The molecule has 3 rings (SSSR count). The normalized spacial score (nSPS) is 10.9. The number of hydrogen-bond donors (Lipinski definition) is 2. The Morgan fingerprint density at radius 3 is 2.85 bits per heavy atom. The third-order valence-corrected chi connectivity index (χ3v) is 3.96. The van der Waals surface area contributed by atoms with Crippen molar-refractivity contribution in [1.29, 1.82) is 0 Å². The summed E-state index contributed by atoms with van der Waals surface area (Å²) in [6.07, 6.45) is 0. The SMILES string of the molecule is OCc1cccc(CNc2nc3cc(F)ccc3s2)c1. The number of benzene rings is 2. The summed E-state index contributed by atoms with van der Waals surface area (Å²) in [5, 5.41) is 13.1. The Bertz CT molecular complexity index is 742. The molecule has 0 amide bonds. The van der Waals surface area contributed by atoms with Gasteiger partial charge in [-0.15, -0.1) is 0 Å². The topological polar surface area (TPSA) is 45.1 Å². The Balaban J connectivity index is 1.76. The molecular formula is C15H13FN2OS. The molecule has 0 aliphatic carbocycles. The van der Waals surface area contributed by atoms with E-state index in [0.717, 1.165) is 21.0 Å². The van der Waals surface area contributed by atoms with Crippen LogP contribution in [0.15, 0.2) is 42.5 Å². The first kappa shape index (κ1) is 13.0. The number of hydrogen-bond acceptors (Lipinski definition) is 4. The van der Waals surface area contributed by atoms with Gasteiger partial charge in [-0.05, 0) is 23.3 Å². The predicted octanol–water partition coefficient (Wildman–Crippen LogP) is 3.54. The van der Waals surface area contributed by atoms with Gasteiger partial charge in [0.05, 0.1) is 16.8 Å². The van der Waals surface area contributed by atoms with Crippen LogP contribution in [-0.2, 0) is 13.2 Å². The smallest absolute Gasteiger partial charge is 0.184 e. The Morgan fingerprint density at radius 1 is 1.15 bits per heavy atom. The van der Waals surface area contributed by atoms with Crippen molar-refractivity contribution in [2.24, 2.45) is 0 Å². The van der Waals surface area contributed by atoms with E-state index in [-0.39, 0.29) is 12.4 Å². The maximum Gasteiger partial charge on any atom is 0.184 e. The average Bonchev–Trinajstić information content (AvgIpc) is 2.87. The molecule has 1 aromatic heterocycles. The van der Waals surface area contributed by atoms with E-state index in [1.807, 2.05) is 24.3 Å². The molecule has 0 saturated heterocycles. The number of halogens is 1. The van der Waals surface area contributed by atoms with Crippen molar-refractivity contribution >= 4 is 26.7 Å². The summed E-state index contributed by atoms with van der Waals surface area (Å²) in [7, 11) is 0. The molecule has 0 radical (unpaired) electrons. The van der Waals surface area contributed by atoms with Gasteiger partial charge in [-0.2, -0.15) is 0 Å². The third-order valence-electron chi connectivity index (χ3n) is 2.97. The van der Waals surface area contributed by atoms with Crippen molar-refractivity contribution in [3.8, 4) is 0 Å². The molecule has 0 aliphatic rings. The van der Waals surface area contributed by atoms with Crippen LogP contribution >= 0.6 is 11.3 Å². The zero-order valence-corrected chi connectivity index (χ0v) is 11.5. The molecule has 0 atom stereocenters. The van der Waals surface area contributed by atoms with Crippen LogP contribution in [0.3, 0.4) is 0 Å². The van der Waals surface area contributed by atoms with Gasteiger partial charge in [0.15, 0.2) is 5.13 Å².